The quantitative estimate of drug-likeness (QED) is 0.180. The van der Waals surface area contributed by atoms with E-state index < -0.39 is 29.7 Å². The average Bonchev–Trinajstić information content (AvgIpc) is 3.36. The number of thiazole rings is 1. The van der Waals surface area contributed by atoms with Gasteiger partial charge in [-0.1, -0.05) is 25.2 Å². The summed E-state index contributed by atoms with van der Waals surface area (Å²) in [5.41, 5.74) is 5.22. The van der Waals surface area contributed by atoms with Crippen LogP contribution in [0.4, 0.5) is 10.1 Å². The Labute approximate surface area is 221 Å². The Morgan fingerprint density at radius 3 is 2.43 bits per heavy atom. The van der Waals surface area contributed by atoms with Crippen molar-refractivity contribution in [2.75, 3.05) is 19.4 Å². The lowest BCUT2D eigenvalue weighted by atomic mass is 9.72. The zero-order chi connectivity index (χ0) is 27.6. The van der Waals surface area contributed by atoms with E-state index in [4.69, 9.17) is 5.73 Å². The maximum atomic E-state index is 13.0. The lowest BCUT2D eigenvalue weighted by Crippen LogP contribution is -2.49. The third-order valence-electron chi connectivity index (χ3n) is 6.32. The number of aromatic nitrogens is 2. The summed E-state index contributed by atoms with van der Waals surface area (Å²) >= 11 is 1.78. The summed E-state index contributed by atoms with van der Waals surface area (Å²) in [5, 5.41) is 35.7. The minimum atomic E-state index is -1.52. The number of anilines is 2. The van der Waals surface area contributed by atoms with Crippen molar-refractivity contribution >= 4 is 50.7 Å². The number of aromatic hydroxyl groups is 1. The lowest BCUT2D eigenvalue weighted by Gasteiger charge is -2.39. The Hall–Kier alpha value is -3.01. The number of aliphatic hydroxyl groups excluding tert-OH is 2. The second-order valence-corrected chi connectivity index (χ2v) is 11.4. The van der Waals surface area contributed by atoms with Crippen molar-refractivity contribution in [3.63, 3.8) is 0 Å². The summed E-state index contributed by atoms with van der Waals surface area (Å²) in [6.45, 7) is 5.30. The second-order valence-electron chi connectivity index (χ2n) is 9.56. The lowest BCUT2D eigenvalue weighted by molar-refractivity contribution is -0.135. The predicted octanol–water partition coefficient (Wildman–Crippen LogP) is 0.615. The molecule has 0 radical (unpaired) electrons. The van der Waals surface area contributed by atoms with E-state index >= 15 is 0 Å². The fourth-order valence-electron chi connectivity index (χ4n) is 4.46. The van der Waals surface area contributed by atoms with Crippen molar-refractivity contribution in [2.45, 2.75) is 52.0 Å². The molecule has 2 heterocycles. The number of aliphatic imine (C=N–C) groups is 1. The van der Waals surface area contributed by atoms with E-state index in [9.17, 15) is 29.7 Å². The van der Waals surface area contributed by atoms with Crippen LogP contribution in [0.2, 0.25) is 0 Å². The van der Waals surface area contributed by atoms with Crippen molar-refractivity contribution < 1.29 is 24.9 Å². The van der Waals surface area contributed by atoms with Gasteiger partial charge in [0.25, 0.3) is 11.5 Å². The van der Waals surface area contributed by atoms with Crippen LogP contribution in [0.15, 0.2) is 9.79 Å². The van der Waals surface area contributed by atoms with Gasteiger partial charge in [-0.2, -0.15) is 4.98 Å². The summed E-state index contributed by atoms with van der Waals surface area (Å²) in [7, 11) is 3.47. The Kier molecular flexibility index (Phi) is 8.94. The Morgan fingerprint density at radius 1 is 1.24 bits per heavy atom. The Bertz CT molecular complexity index is 1210. The van der Waals surface area contributed by atoms with Gasteiger partial charge in [-0.05, 0) is 43.1 Å². The molecule has 0 aromatic carbocycles. The fraction of sp³-hybridized carbons (Fsp3) is 0.591. The van der Waals surface area contributed by atoms with Crippen molar-refractivity contribution in [1.29, 1.82) is 0 Å². The van der Waals surface area contributed by atoms with E-state index in [0.717, 1.165) is 22.9 Å². The van der Waals surface area contributed by atoms with E-state index in [-0.39, 0.29) is 56.1 Å². The molecule has 37 heavy (non-hydrogen) atoms. The first kappa shape index (κ1) is 28.6. The molecule has 2 aromatic rings. The SMILES string of the molecule is CC(O)C(O)/N=C(\N)c1c(Nc2nc(O)c(C(=O)NC3C(C)CC(C(=O)N(C)C)C[C@@H]3C)s2)s[nH]c1=O. The highest BCUT2D eigenvalue weighted by molar-refractivity contribution is 7.18. The maximum absolute atomic E-state index is 13.0. The molecule has 2 aromatic heterocycles. The number of hydrogen-bond acceptors (Lipinski definition) is 11. The van der Waals surface area contributed by atoms with E-state index in [2.05, 4.69) is 25.0 Å². The number of carbonyl (C=O) groups is 2. The molecule has 0 spiro atoms. The van der Waals surface area contributed by atoms with Crippen LogP contribution in [-0.2, 0) is 4.79 Å². The normalized spacial score (nSPS) is 23.8. The molecule has 1 aliphatic carbocycles. The Morgan fingerprint density at radius 2 is 1.86 bits per heavy atom. The molecule has 0 saturated heterocycles. The van der Waals surface area contributed by atoms with Gasteiger partial charge in [0.05, 0.1) is 6.10 Å². The van der Waals surface area contributed by atoms with Crippen LogP contribution in [-0.4, -0.2) is 79.7 Å². The number of aromatic amines is 1. The van der Waals surface area contributed by atoms with Crippen molar-refractivity contribution in [2.24, 2.45) is 28.5 Å². The topological polar surface area (TPSA) is 206 Å². The van der Waals surface area contributed by atoms with Gasteiger partial charge in [-0.3, -0.25) is 18.8 Å². The summed E-state index contributed by atoms with van der Waals surface area (Å²) in [4.78, 5) is 47.0. The molecule has 1 aliphatic rings. The number of amidine groups is 1. The molecule has 8 N–H and O–H groups in total. The van der Waals surface area contributed by atoms with Gasteiger partial charge in [0.2, 0.25) is 11.8 Å². The largest absolute Gasteiger partial charge is 0.492 e. The first-order chi connectivity index (χ1) is 17.3. The zero-order valence-corrected chi connectivity index (χ0v) is 22.8. The molecule has 15 heteroatoms. The number of nitrogens with zero attached hydrogens (tertiary/aromatic N) is 3. The molecular formula is C22H33N7O6S2. The van der Waals surface area contributed by atoms with Crippen LogP contribution >= 0.6 is 22.9 Å². The zero-order valence-electron chi connectivity index (χ0n) is 21.2. The highest BCUT2D eigenvalue weighted by Crippen LogP contribution is 2.36. The van der Waals surface area contributed by atoms with Crippen LogP contribution in [0.3, 0.4) is 0 Å². The molecule has 13 nitrogen and oxygen atoms in total. The van der Waals surface area contributed by atoms with Crippen molar-refractivity contribution in [3.8, 4) is 5.88 Å². The summed E-state index contributed by atoms with van der Waals surface area (Å²) in [6, 6.07) is -0.186. The minimum absolute atomic E-state index is 0.0102. The summed E-state index contributed by atoms with van der Waals surface area (Å²) in [5.74, 6) is -1.19. The molecule has 5 unspecified atom stereocenters. The maximum Gasteiger partial charge on any atom is 0.271 e. The third-order valence-corrected chi connectivity index (χ3v) is 8.08. The molecule has 0 aliphatic heterocycles. The number of hydrogen-bond donors (Lipinski definition) is 7. The Balaban J connectivity index is 1.74. The standard InChI is InChI=1S/C22H33N7O6S2/c1-8-6-11(21(35)29(4)5)7-9(2)13(8)24-18(33)14-19(34)26-22(36-14)27-20-12(17(32)28-37-20)15(23)25-16(31)10(3)30/h8-11,13,16,30-31,34H,6-7H2,1-5H3,(H2,23,25)(H,24,33)(H,26,27)(H,28,32)/t8-,9?,10?,11?,13?,16?/m0/s1. The van der Waals surface area contributed by atoms with Gasteiger partial charge in [0.15, 0.2) is 16.2 Å². The number of nitrogens with two attached hydrogens (primary N) is 1. The minimum Gasteiger partial charge on any atom is -0.492 e. The van der Waals surface area contributed by atoms with Crippen LogP contribution in [0.1, 0.15) is 48.8 Å². The van der Waals surface area contributed by atoms with Gasteiger partial charge in [-0.25, -0.2) is 4.99 Å². The number of H-pyrrole nitrogens is 1. The average molecular weight is 556 g/mol. The number of amides is 2. The number of rotatable bonds is 8. The fourth-order valence-corrected chi connectivity index (χ4v) is 6.04. The van der Waals surface area contributed by atoms with Crippen LogP contribution in [0.25, 0.3) is 0 Å². The summed E-state index contributed by atoms with van der Waals surface area (Å²) < 4.78 is 2.49. The predicted molar refractivity (Wildman–Crippen MR) is 141 cm³/mol. The first-order valence-corrected chi connectivity index (χ1v) is 13.3. The van der Waals surface area contributed by atoms with Crippen molar-refractivity contribution in [1.82, 2.24) is 19.6 Å². The molecule has 204 valence electrons. The van der Waals surface area contributed by atoms with Gasteiger partial charge >= 0.3 is 0 Å². The first-order valence-electron chi connectivity index (χ1n) is 11.7. The smallest absolute Gasteiger partial charge is 0.271 e. The number of carbonyl (C=O) groups excluding carboxylic acids is 2. The van der Waals surface area contributed by atoms with Crippen LogP contribution < -0.4 is 21.9 Å². The van der Waals surface area contributed by atoms with Crippen molar-refractivity contribution in [3.05, 3.63) is 20.8 Å². The molecule has 6 atom stereocenters. The number of aliphatic hydroxyl groups is 2. The van der Waals surface area contributed by atoms with E-state index in [1.165, 1.54) is 6.92 Å². The highest BCUT2D eigenvalue weighted by atomic mass is 32.1. The van der Waals surface area contributed by atoms with Gasteiger partial charge in [0.1, 0.15) is 16.4 Å². The van der Waals surface area contributed by atoms with Crippen LogP contribution in [0, 0.1) is 17.8 Å². The van der Waals surface area contributed by atoms with E-state index in [1.54, 1.807) is 19.0 Å². The van der Waals surface area contributed by atoms with E-state index in [0.29, 0.717) is 12.8 Å². The molecule has 2 amide bonds. The van der Waals surface area contributed by atoms with E-state index in [1.807, 2.05) is 13.8 Å². The third kappa shape index (κ3) is 6.47. The number of nitrogens with one attached hydrogen (secondary N) is 3. The van der Waals surface area contributed by atoms with Gasteiger partial charge < -0.3 is 36.6 Å². The molecule has 3 rings (SSSR count). The van der Waals surface area contributed by atoms with Gasteiger partial charge in [-0.15, -0.1) is 0 Å². The molecule has 1 fully saturated rings. The monoisotopic (exact) mass is 555 g/mol. The second kappa shape index (κ2) is 11.6. The highest BCUT2D eigenvalue weighted by Gasteiger charge is 2.38. The van der Waals surface area contributed by atoms with Crippen LogP contribution in [0.5, 0.6) is 5.88 Å². The summed E-state index contributed by atoms with van der Waals surface area (Å²) in [6.07, 6.45) is -1.42. The molecule has 0 bridgehead atoms. The molecular weight excluding hydrogens is 522 g/mol. The molecule has 1 saturated carbocycles. The van der Waals surface area contributed by atoms with Gasteiger partial charge in [0, 0.05) is 26.1 Å².